The fourth-order valence-corrected chi connectivity index (χ4v) is 2.23. The zero-order valence-electron chi connectivity index (χ0n) is 12.5. The normalized spacial score (nSPS) is 10.7. The van der Waals surface area contributed by atoms with E-state index < -0.39 is 10.8 Å². The van der Waals surface area contributed by atoms with Crippen LogP contribution in [-0.4, -0.2) is 10.8 Å². The molecule has 7 nitrogen and oxygen atoms in total. The fourth-order valence-electron chi connectivity index (χ4n) is 1.78. The summed E-state index contributed by atoms with van der Waals surface area (Å²) in [4.78, 5) is 22.3. The summed E-state index contributed by atoms with van der Waals surface area (Å²) in [5.74, 6) is -0.610. The van der Waals surface area contributed by atoms with Gasteiger partial charge in [-0.15, -0.1) is 0 Å². The molecular weight excluding hydrogens is 412 g/mol. The molecule has 0 aromatic heterocycles. The smallest absolute Gasteiger partial charge is 0.289 e. The van der Waals surface area contributed by atoms with Gasteiger partial charge in [-0.3, -0.25) is 14.9 Å². The van der Waals surface area contributed by atoms with Crippen molar-refractivity contribution in [3.8, 4) is 6.07 Å². The van der Waals surface area contributed by atoms with Crippen molar-refractivity contribution in [3.05, 3.63) is 73.8 Å². The van der Waals surface area contributed by atoms with Crippen molar-refractivity contribution in [2.24, 2.45) is 0 Å². The number of halogens is 2. The molecule has 0 atom stereocenters. The van der Waals surface area contributed by atoms with Crippen LogP contribution in [0.2, 0.25) is 5.02 Å². The molecule has 2 rings (SSSR count). The van der Waals surface area contributed by atoms with Crippen LogP contribution in [0.3, 0.4) is 0 Å². The molecule has 0 aliphatic carbocycles. The van der Waals surface area contributed by atoms with E-state index in [0.29, 0.717) is 11.4 Å². The van der Waals surface area contributed by atoms with E-state index in [4.69, 9.17) is 16.9 Å². The van der Waals surface area contributed by atoms with Crippen LogP contribution in [0.5, 0.6) is 0 Å². The molecule has 126 valence electrons. The zero-order valence-corrected chi connectivity index (χ0v) is 14.8. The van der Waals surface area contributed by atoms with Crippen molar-refractivity contribution in [1.29, 1.82) is 5.26 Å². The number of nitrogens with zero attached hydrogens (tertiary/aromatic N) is 2. The van der Waals surface area contributed by atoms with Gasteiger partial charge in [-0.1, -0.05) is 27.5 Å². The first-order valence-electron chi connectivity index (χ1n) is 6.78. The Balaban J connectivity index is 2.13. The van der Waals surface area contributed by atoms with Crippen LogP contribution in [0.15, 0.2) is 58.7 Å². The number of amides is 1. The number of hydrogen-bond acceptors (Lipinski definition) is 5. The van der Waals surface area contributed by atoms with Gasteiger partial charge in [0, 0.05) is 28.1 Å². The Hall–Kier alpha value is -2.89. The third-order valence-corrected chi connectivity index (χ3v) is 3.84. The Morgan fingerprint density at radius 1 is 1.24 bits per heavy atom. The molecule has 2 aromatic carbocycles. The maximum Gasteiger partial charge on any atom is 0.289 e. The number of benzene rings is 2. The molecule has 0 aliphatic rings. The van der Waals surface area contributed by atoms with Gasteiger partial charge < -0.3 is 10.6 Å². The van der Waals surface area contributed by atoms with Crippen molar-refractivity contribution in [2.45, 2.75) is 0 Å². The number of nitriles is 1. The van der Waals surface area contributed by atoms with E-state index in [1.807, 2.05) is 0 Å². The van der Waals surface area contributed by atoms with E-state index in [1.165, 1.54) is 24.4 Å². The monoisotopic (exact) mass is 420 g/mol. The quantitative estimate of drug-likeness (QED) is 0.320. The first-order valence-corrected chi connectivity index (χ1v) is 7.95. The molecular formula is C16H10BrClN4O3. The Morgan fingerprint density at radius 2 is 1.88 bits per heavy atom. The minimum atomic E-state index is -0.622. The average Bonchev–Trinajstić information content (AvgIpc) is 2.58. The van der Waals surface area contributed by atoms with Crippen molar-refractivity contribution < 1.29 is 9.72 Å². The highest BCUT2D eigenvalue weighted by Crippen LogP contribution is 2.27. The van der Waals surface area contributed by atoms with Crippen molar-refractivity contribution >= 4 is 50.5 Å². The van der Waals surface area contributed by atoms with E-state index >= 15 is 0 Å². The summed E-state index contributed by atoms with van der Waals surface area (Å²) < 4.78 is 0.854. The first kappa shape index (κ1) is 18.4. The van der Waals surface area contributed by atoms with Crippen LogP contribution in [0.4, 0.5) is 17.1 Å². The topological polar surface area (TPSA) is 108 Å². The summed E-state index contributed by atoms with van der Waals surface area (Å²) >= 11 is 9.01. The van der Waals surface area contributed by atoms with Crippen LogP contribution >= 0.6 is 27.5 Å². The van der Waals surface area contributed by atoms with E-state index in [1.54, 1.807) is 30.3 Å². The lowest BCUT2D eigenvalue weighted by atomic mass is 10.2. The Bertz CT molecular complexity index is 891. The largest absolute Gasteiger partial charge is 0.360 e. The zero-order chi connectivity index (χ0) is 18.4. The van der Waals surface area contributed by atoms with E-state index in [2.05, 4.69) is 26.6 Å². The lowest BCUT2D eigenvalue weighted by Crippen LogP contribution is -2.14. The number of carbonyl (C=O) groups excluding carboxylic acids is 1. The lowest BCUT2D eigenvalue weighted by Gasteiger charge is -2.06. The number of anilines is 2. The molecule has 2 aromatic rings. The Kier molecular flexibility index (Phi) is 6.11. The first-order chi connectivity index (χ1) is 11.9. The Morgan fingerprint density at radius 3 is 2.48 bits per heavy atom. The van der Waals surface area contributed by atoms with Gasteiger partial charge in [-0.05, 0) is 36.4 Å². The highest BCUT2D eigenvalue weighted by atomic mass is 79.9. The molecule has 0 fully saturated rings. The molecule has 2 N–H and O–H groups in total. The molecule has 0 saturated heterocycles. The second-order valence-electron chi connectivity index (χ2n) is 4.70. The lowest BCUT2D eigenvalue weighted by molar-refractivity contribution is -0.384. The van der Waals surface area contributed by atoms with Crippen molar-refractivity contribution in [3.63, 3.8) is 0 Å². The average molecular weight is 422 g/mol. The van der Waals surface area contributed by atoms with E-state index in [9.17, 15) is 14.9 Å². The molecule has 0 bridgehead atoms. The predicted octanol–water partition coefficient (Wildman–Crippen LogP) is 4.47. The summed E-state index contributed by atoms with van der Waals surface area (Å²) in [5, 5.41) is 25.2. The minimum absolute atomic E-state index is 0.00647. The number of rotatable bonds is 5. The number of nitro benzene ring substituents is 1. The van der Waals surface area contributed by atoms with Crippen LogP contribution in [0.1, 0.15) is 0 Å². The molecule has 0 saturated carbocycles. The molecule has 25 heavy (non-hydrogen) atoms. The van der Waals surface area contributed by atoms with Crippen LogP contribution in [0.25, 0.3) is 0 Å². The summed E-state index contributed by atoms with van der Waals surface area (Å²) in [6.07, 6.45) is 1.17. The molecule has 0 aliphatic heterocycles. The second-order valence-corrected chi connectivity index (χ2v) is 6.02. The van der Waals surface area contributed by atoms with Crippen molar-refractivity contribution in [2.75, 3.05) is 10.6 Å². The number of hydrogen-bond donors (Lipinski definition) is 2. The SMILES string of the molecule is N#C/C(=C/Nc1ccc(Cl)c([N+](=O)[O-])c1)C(=O)Nc1ccc(Br)cc1. The molecule has 0 radical (unpaired) electrons. The van der Waals surface area contributed by atoms with Gasteiger partial charge in [0.1, 0.15) is 16.7 Å². The summed E-state index contributed by atoms with van der Waals surface area (Å²) in [6.45, 7) is 0. The predicted molar refractivity (Wildman–Crippen MR) is 98.2 cm³/mol. The van der Waals surface area contributed by atoms with E-state index in [-0.39, 0.29) is 16.3 Å². The van der Waals surface area contributed by atoms with Gasteiger partial charge in [0.25, 0.3) is 11.6 Å². The van der Waals surface area contributed by atoms with Crippen molar-refractivity contribution in [1.82, 2.24) is 0 Å². The highest BCUT2D eigenvalue weighted by molar-refractivity contribution is 9.10. The highest BCUT2D eigenvalue weighted by Gasteiger charge is 2.13. The third kappa shape index (κ3) is 5.04. The third-order valence-electron chi connectivity index (χ3n) is 2.99. The number of carbonyl (C=O) groups is 1. The maximum absolute atomic E-state index is 12.1. The van der Waals surface area contributed by atoms with Gasteiger partial charge in [0.15, 0.2) is 0 Å². The summed E-state index contributed by atoms with van der Waals surface area (Å²) in [5.41, 5.74) is 0.371. The fraction of sp³-hybridized carbons (Fsp3) is 0. The maximum atomic E-state index is 12.1. The van der Waals surface area contributed by atoms with Gasteiger partial charge in [-0.25, -0.2) is 0 Å². The van der Waals surface area contributed by atoms with Gasteiger partial charge >= 0.3 is 0 Å². The molecule has 0 unspecified atom stereocenters. The van der Waals surface area contributed by atoms with Gasteiger partial charge in [-0.2, -0.15) is 5.26 Å². The number of nitro groups is 1. The molecule has 0 spiro atoms. The van der Waals surface area contributed by atoms with Gasteiger partial charge in [0.05, 0.1) is 4.92 Å². The molecule has 9 heteroatoms. The number of nitrogens with one attached hydrogen (secondary N) is 2. The van der Waals surface area contributed by atoms with Gasteiger partial charge in [0.2, 0.25) is 0 Å². The van der Waals surface area contributed by atoms with Crippen LogP contribution < -0.4 is 10.6 Å². The molecule has 0 heterocycles. The second kappa shape index (κ2) is 8.28. The van der Waals surface area contributed by atoms with Crippen LogP contribution in [0, 0.1) is 21.4 Å². The summed E-state index contributed by atoms with van der Waals surface area (Å²) in [6, 6.07) is 12.7. The minimum Gasteiger partial charge on any atom is -0.360 e. The van der Waals surface area contributed by atoms with Crippen LogP contribution in [-0.2, 0) is 4.79 Å². The standard InChI is InChI=1S/C16H10BrClN4O3/c17-11-1-3-12(4-2-11)21-16(23)10(8-19)9-20-13-5-6-14(18)15(7-13)22(24)25/h1-7,9,20H,(H,21,23)/b10-9-. The summed E-state index contributed by atoms with van der Waals surface area (Å²) in [7, 11) is 0. The van der Waals surface area contributed by atoms with E-state index in [0.717, 1.165) is 4.47 Å². The Labute approximate surface area is 156 Å². The molecule has 1 amide bonds.